The number of hydrogen-bond donors (Lipinski definition) is 1. The lowest BCUT2D eigenvalue weighted by atomic mass is 9.66. The maximum atomic E-state index is 13.4. The summed E-state index contributed by atoms with van der Waals surface area (Å²) in [6, 6.07) is 6.55. The third-order valence-corrected chi connectivity index (χ3v) is 6.47. The summed E-state index contributed by atoms with van der Waals surface area (Å²) in [6.07, 6.45) is 12.1. The first-order chi connectivity index (χ1) is 11.1. The van der Waals surface area contributed by atoms with Crippen molar-refractivity contribution < 1.29 is 9.50 Å². The Morgan fingerprint density at radius 1 is 1.04 bits per heavy atom. The SMILES string of the molecule is CCCC1CCC([C@H]2CC[C@](O)(c3cccc(F)c3)CC2)CC1. The maximum absolute atomic E-state index is 13.4. The summed E-state index contributed by atoms with van der Waals surface area (Å²) in [7, 11) is 0. The molecular formula is C21H31FO. The van der Waals surface area contributed by atoms with Gasteiger partial charge in [0.2, 0.25) is 0 Å². The van der Waals surface area contributed by atoms with Crippen LogP contribution < -0.4 is 0 Å². The van der Waals surface area contributed by atoms with Gasteiger partial charge in [0.15, 0.2) is 0 Å². The van der Waals surface area contributed by atoms with E-state index in [4.69, 9.17) is 0 Å². The number of hydrogen-bond acceptors (Lipinski definition) is 1. The van der Waals surface area contributed by atoms with Crippen molar-refractivity contribution in [1.29, 1.82) is 0 Å². The molecule has 0 amide bonds. The molecule has 3 rings (SSSR count). The predicted molar refractivity (Wildman–Crippen MR) is 92.6 cm³/mol. The van der Waals surface area contributed by atoms with Crippen molar-refractivity contribution in [1.82, 2.24) is 0 Å². The molecule has 0 aliphatic heterocycles. The van der Waals surface area contributed by atoms with Crippen LogP contribution in [0.25, 0.3) is 0 Å². The summed E-state index contributed by atoms with van der Waals surface area (Å²) >= 11 is 0. The van der Waals surface area contributed by atoms with Crippen LogP contribution >= 0.6 is 0 Å². The van der Waals surface area contributed by atoms with E-state index in [1.165, 1.54) is 50.7 Å². The first-order valence-corrected chi connectivity index (χ1v) is 9.59. The summed E-state index contributed by atoms with van der Waals surface area (Å²) in [5, 5.41) is 10.9. The minimum absolute atomic E-state index is 0.243. The van der Waals surface area contributed by atoms with Gasteiger partial charge < -0.3 is 5.11 Å². The fourth-order valence-electron chi connectivity index (χ4n) is 5.01. The highest BCUT2D eigenvalue weighted by Gasteiger charge is 2.38. The number of rotatable bonds is 4. The van der Waals surface area contributed by atoms with Crippen LogP contribution in [0.1, 0.15) is 76.7 Å². The van der Waals surface area contributed by atoms with Crippen LogP contribution in [0.3, 0.4) is 0 Å². The Hall–Kier alpha value is -0.890. The van der Waals surface area contributed by atoms with Gasteiger partial charge in [-0.05, 0) is 74.0 Å². The van der Waals surface area contributed by atoms with Crippen molar-refractivity contribution in [2.45, 2.75) is 76.7 Å². The van der Waals surface area contributed by atoms with E-state index < -0.39 is 5.60 Å². The van der Waals surface area contributed by atoms with E-state index in [0.717, 1.165) is 49.0 Å². The zero-order valence-corrected chi connectivity index (χ0v) is 14.4. The second kappa shape index (κ2) is 7.34. The van der Waals surface area contributed by atoms with Crippen LogP contribution in [0.15, 0.2) is 24.3 Å². The van der Waals surface area contributed by atoms with Gasteiger partial charge in [-0.1, -0.05) is 44.7 Å². The fourth-order valence-corrected chi connectivity index (χ4v) is 5.01. The minimum Gasteiger partial charge on any atom is -0.385 e. The molecule has 2 saturated carbocycles. The quantitative estimate of drug-likeness (QED) is 0.742. The molecule has 0 saturated heterocycles. The molecule has 1 aromatic carbocycles. The van der Waals surface area contributed by atoms with Gasteiger partial charge in [-0.25, -0.2) is 4.39 Å². The highest BCUT2D eigenvalue weighted by Crippen LogP contribution is 2.46. The van der Waals surface area contributed by atoms with Crippen molar-refractivity contribution >= 4 is 0 Å². The van der Waals surface area contributed by atoms with E-state index in [1.807, 2.05) is 6.07 Å². The summed E-state index contributed by atoms with van der Waals surface area (Å²) in [4.78, 5) is 0. The highest BCUT2D eigenvalue weighted by molar-refractivity contribution is 5.23. The number of benzene rings is 1. The summed E-state index contributed by atoms with van der Waals surface area (Å²) < 4.78 is 13.4. The molecule has 2 heteroatoms. The van der Waals surface area contributed by atoms with Crippen LogP contribution in [0, 0.1) is 23.6 Å². The molecule has 128 valence electrons. The predicted octanol–water partition coefficient (Wildman–Crippen LogP) is 5.81. The Morgan fingerprint density at radius 3 is 2.30 bits per heavy atom. The van der Waals surface area contributed by atoms with Crippen molar-refractivity contribution in [3.63, 3.8) is 0 Å². The van der Waals surface area contributed by atoms with Crippen LogP contribution in [0.2, 0.25) is 0 Å². The van der Waals surface area contributed by atoms with Crippen LogP contribution in [0.5, 0.6) is 0 Å². The minimum atomic E-state index is -0.808. The smallest absolute Gasteiger partial charge is 0.123 e. The van der Waals surface area contributed by atoms with Crippen LogP contribution in [-0.2, 0) is 5.60 Å². The van der Waals surface area contributed by atoms with E-state index in [2.05, 4.69) is 6.92 Å². The monoisotopic (exact) mass is 318 g/mol. The van der Waals surface area contributed by atoms with Gasteiger partial charge in [-0.2, -0.15) is 0 Å². The average Bonchev–Trinajstić information content (AvgIpc) is 2.57. The molecule has 0 aromatic heterocycles. The molecule has 2 aliphatic carbocycles. The standard InChI is InChI=1S/C21H31FO/c1-2-4-16-7-9-17(10-8-16)18-11-13-21(23,14-12-18)19-5-3-6-20(22)15-19/h3,5-6,15-18,23H,2,4,7-14H2,1H3/t16?,17?,18-,21+. The van der Waals surface area contributed by atoms with Gasteiger partial charge in [0.25, 0.3) is 0 Å². The zero-order chi connectivity index (χ0) is 16.3. The van der Waals surface area contributed by atoms with Gasteiger partial charge in [0, 0.05) is 0 Å². The average molecular weight is 318 g/mol. The molecule has 1 N–H and O–H groups in total. The van der Waals surface area contributed by atoms with Crippen molar-refractivity contribution in [2.24, 2.45) is 17.8 Å². The Morgan fingerprint density at radius 2 is 1.70 bits per heavy atom. The van der Waals surface area contributed by atoms with E-state index in [0.29, 0.717) is 0 Å². The number of halogens is 1. The second-order valence-electron chi connectivity index (χ2n) is 7.95. The van der Waals surface area contributed by atoms with Gasteiger partial charge in [0.05, 0.1) is 5.60 Å². The molecule has 23 heavy (non-hydrogen) atoms. The lowest BCUT2D eigenvalue weighted by Gasteiger charge is -2.41. The van der Waals surface area contributed by atoms with Crippen molar-refractivity contribution in [3.05, 3.63) is 35.6 Å². The van der Waals surface area contributed by atoms with Crippen molar-refractivity contribution in [2.75, 3.05) is 0 Å². The normalized spacial score (nSPS) is 35.2. The number of aliphatic hydroxyl groups is 1. The topological polar surface area (TPSA) is 20.2 Å². The molecule has 0 radical (unpaired) electrons. The summed E-state index contributed by atoms with van der Waals surface area (Å²) in [5.41, 5.74) is -0.0412. The van der Waals surface area contributed by atoms with E-state index in [9.17, 15) is 9.50 Å². The van der Waals surface area contributed by atoms with Gasteiger partial charge in [-0.15, -0.1) is 0 Å². The molecule has 1 aromatic rings. The molecule has 2 fully saturated rings. The molecule has 0 bridgehead atoms. The van der Waals surface area contributed by atoms with E-state index >= 15 is 0 Å². The molecule has 0 heterocycles. The molecule has 1 nitrogen and oxygen atoms in total. The fraction of sp³-hybridized carbons (Fsp3) is 0.714. The maximum Gasteiger partial charge on any atom is 0.123 e. The molecule has 0 spiro atoms. The molecule has 2 aliphatic rings. The molecular weight excluding hydrogens is 287 g/mol. The largest absolute Gasteiger partial charge is 0.385 e. The van der Waals surface area contributed by atoms with Gasteiger partial charge >= 0.3 is 0 Å². The van der Waals surface area contributed by atoms with Crippen molar-refractivity contribution in [3.8, 4) is 0 Å². The third-order valence-electron chi connectivity index (χ3n) is 6.47. The Labute approximate surface area is 140 Å². The van der Waals surface area contributed by atoms with Gasteiger partial charge in [0.1, 0.15) is 5.82 Å². The lowest BCUT2D eigenvalue weighted by molar-refractivity contribution is -0.0262. The molecule has 0 unspecified atom stereocenters. The van der Waals surface area contributed by atoms with Gasteiger partial charge in [-0.3, -0.25) is 0 Å². The second-order valence-corrected chi connectivity index (χ2v) is 7.95. The highest BCUT2D eigenvalue weighted by atomic mass is 19.1. The van der Waals surface area contributed by atoms with Crippen LogP contribution in [-0.4, -0.2) is 5.11 Å². The summed E-state index contributed by atoms with van der Waals surface area (Å²) in [5.74, 6) is 2.35. The first-order valence-electron chi connectivity index (χ1n) is 9.59. The Balaban J connectivity index is 1.54. The molecule has 0 atom stereocenters. The first kappa shape index (κ1) is 17.0. The zero-order valence-electron chi connectivity index (χ0n) is 14.4. The van der Waals surface area contributed by atoms with Crippen LogP contribution in [0.4, 0.5) is 4.39 Å². The Kier molecular flexibility index (Phi) is 5.41. The van der Waals surface area contributed by atoms with E-state index in [-0.39, 0.29) is 5.82 Å². The van der Waals surface area contributed by atoms with E-state index in [1.54, 1.807) is 6.07 Å². The lowest BCUT2D eigenvalue weighted by Crippen LogP contribution is -2.34. The summed E-state index contributed by atoms with van der Waals surface area (Å²) in [6.45, 7) is 2.29. The Bertz CT molecular complexity index is 496. The third kappa shape index (κ3) is 3.96.